The molecule has 0 aromatic heterocycles. The van der Waals surface area contributed by atoms with Crippen molar-refractivity contribution in [2.45, 2.75) is 12.8 Å². The molecule has 0 fully saturated rings. The van der Waals surface area contributed by atoms with Crippen molar-refractivity contribution in [2.24, 2.45) is 0 Å². The maximum atomic E-state index is 12.7. The van der Waals surface area contributed by atoms with Gasteiger partial charge in [-0.1, -0.05) is 12.1 Å². The summed E-state index contributed by atoms with van der Waals surface area (Å²) in [5, 5.41) is 8.92. The monoisotopic (exact) mass is 269 g/mol. The molecule has 0 saturated heterocycles. The molecule has 1 amide bonds. The van der Waals surface area contributed by atoms with Crippen molar-refractivity contribution in [3.63, 3.8) is 0 Å². The number of rotatable bonds is 8. The van der Waals surface area contributed by atoms with Gasteiger partial charge in [-0.3, -0.25) is 4.79 Å². The second-order valence-corrected chi connectivity index (χ2v) is 4.22. The van der Waals surface area contributed by atoms with Crippen molar-refractivity contribution in [2.75, 3.05) is 33.4 Å². The van der Waals surface area contributed by atoms with Gasteiger partial charge in [0.05, 0.1) is 13.2 Å². The van der Waals surface area contributed by atoms with Crippen molar-refractivity contribution in [1.29, 1.82) is 0 Å². The summed E-state index contributed by atoms with van der Waals surface area (Å²) in [5.41, 5.74) is 0.922. The van der Waals surface area contributed by atoms with Crippen LogP contribution in [0.3, 0.4) is 0 Å². The third-order valence-electron chi connectivity index (χ3n) is 2.83. The molecule has 1 rings (SSSR count). The summed E-state index contributed by atoms with van der Waals surface area (Å²) < 4.78 is 17.7. The van der Waals surface area contributed by atoms with Crippen LogP contribution in [0, 0.1) is 5.82 Å². The number of carbonyl (C=O) groups is 1. The van der Waals surface area contributed by atoms with Crippen molar-refractivity contribution < 1.29 is 19.0 Å². The summed E-state index contributed by atoms with van der Waals surface area (Å²) >= 11 is 0. The number of halogens is 1. The predicted molar refractivity (Wildman–Crippen MR) is 70.3 cm³/mol. The summed E-state index contributed by atoms with van der Waals surface area (Å²) in [6, 6.07) is 6.12. The van der Waals surface area contributed by atoms with Crippen LogP contribution < -0.4 is 0 Å². The number of aliphatic hydroxyl groups excluding tert-OH is 1. The third kappa shape index (κ3) is 5.81. The Morgan fingerprint density at radius 2 is 2.00 bits per heavy atom. The Bertz CT molecular complexity index is 381. The van der Waals surface area contributed by atoms with Crippen molar-refractivity contribution in [3.05, 3.63) is 35.6 Å². The molecule has 5 heteroatoms. The van der Waals surface area contributed by atoms with Crippen LogP contribution in [-0.2, 0) is 16.0 Å². The number of hydrogen-bond acceptors (Lipinski definition) is 3. The van der Waals surface area contributed by atoms with Crippen LogP contribution in [0.15, 0.2) is 24.3 Å². The van der Waals surface area contributed by atoms with Gasteiger partial charge in [-0.05, 0) is 24.1 Å². The number of methoxy groups -OCH3 is 1. The molecule has 0 spiro atoms. The number of aryl methyl sites for hydroxylation is 1. The molecule has 0 radical (unpaired) electrons. The Morgan fingerprint density at radius 1 is 1.32 bits per heavy atom. The molecular weight excluding hydrogens is 249 g/mol. The molecule has 0 bridgehead atoms. The summed E-state index contributed by atoms with van der Waals surface area (Å²) in [5.74, 6) is -0.312. The fourth-order valence-electron chi connectivity index (χ4n) is 1.74. The number of carbonyl (C=O) groups excluding carboxylic acids is 1. The van der Waals surface area contributed by atoms with Gasteiger partial charge in [0.2, 0.25) is 5.91 Å². The summed E-state index contributed by atoms with van der Waals surface area (Å²) in [6.45, 7) is 1.17. The average Bonchev–Trinajstić information content (AvgIpc) is 2.42. The van der Waals surface area contributed by atoms with Crippen LogP contribution in [0.2, 0.25) is 0 Å². The normalized spacial score (nSPS) is 10.5. The van der Waals surface area contributed by atoms with Crippen LogP contribution in [0.5, 0.6) is 0 Å². The highest BCUT2D eigenvalue weighted by molar-refractivity contribution is 5.76. The second-order valence-electron chi connectivity index (χ2n) is 4.22. The lowest BCUT2D eigenvalue weighted by Gasteiger charge is -2.21. The van der Waals surface area contributed by atoms with Crippen LogP contribution in [0.4, 0.5) is 4.39 Å². The minimum atomic E-state index is -0.280. The minimum Gasteiger partial charge on any atom is -0.395 e. The van der Waals surface area contributed by atoms with E-state index >= 15 is 0 Å². The highest BCUT2D eigenvalue weighted by Crippen LogP contribution is 2.07. The molecule has 0 atom stereocenters. The summed E-state index contributed by atoms with van der Waals surface area (Å²) in [6.07, 6.45) is 0.906. The van der Waals surface area contributed by atoms with Gasteiger partial charge in [0.25, 0.3) is 0 Å². The first-order valence-electron chi connectivity index (χ1n) is 6.29. The highest BCUT2D eigenvalue weighted by Gasteiger charge is 2.12. The van der Waals surface area contributed by atoms with E-state index in [0.29, 0.717) is 32.5 Å². The maximum absolute atomic E-state index is 12.7. The van der Waals surface area contributed by atoms with Crippen molar-refractivity contribution in [3.8, 4) is 0 Å². The van der Waals surface area contributed by atoms with E-state index in [1.165, 1.54) is 12.1 Å². The topological polar surface area (TPSA) is 49.8 Å². The standard InChI is InChI=1S/C14H20FNO3/c1-19-11-9-16(8-10-17)14(18)7-4-12-2-5-13(15)6-3-12/h2-3,5-6,17H,4,7-11H2,1H3. The van der Waals surface area contributed by atoms with Crippen LogP contribution in [0.1, 0.15) is 12.0 Å². The first kappa shape index (κ1) is 15.6. The summed E-state index contributed by atoms with van der Waals surface area (Å²) in [7, 11) is 1.57. The number of ether oxygens (including phenoxy) is 1. The van der Waals surface area contributed by atoms with E-state index in [2.05, 4.69) is 0 Å². The molecule has 1 aromatic carbocycles. The predicted octanol–water partition coefficient (Wildman–Crippen LogP) is 1.23. The SMILES string of the molecule is COCCN(CCO)C(=O)CCc1ccc(F)cc1. The first-order valence-corrected chi connectivity index (χ1v) is 6.29. The smallest absolute Gasteiger partial charge is 0.223 e. The molecular formula is C14H20FNO3. The minimum absolute atomic E-state index is 0.0320. The molecule has 0 unspecified atom stereocenters. The zero-order valence-corrected chi connectivity index (χ0v) is 11.1. The lowest BCUT2D eigenvalue weighted by atomic mass is 10.1. The van der Waals surface area contributed by atoms with Gasteiger partial charge < -0.3 is 14.7 Å². The Kier molecular flexibility index (Phi) is 7.07. The maximum Gasteiger partial charge on any atom is 0.223 e. The first-order chi connectivity index (χ1) is 9.17. The zero-order valence-electron chi connectivity index (χ0n) is 11.1. The number of amides is 1. The summed E-state index contributed by atoms with van der Waals surface area (Å²) in [4.78, 5) is 13.5. The van der Waals surface area contributed by atoms with Crippen molar-refractivity contribution in [1.82, 2.24) is 4.90 Å². The lowest BCUT2D eigenvalue weighted by Crippen LogP contribution is -2.36. The number of nitrogens with zero attached hydrogens (tertiary/aromatic N) is 1. The fraction of sp³-hybridized carbons (Fsp3) is 0.500. The number of benzene rings is 1. The van der Waals surface area contributed by atoms with E-state index in [4.69, 9.17) is 9.84 Å². The molecule has 0 aliphatic heterocycles. The van der Waals surface area contributed by atoms with Gasteiger partial charge in [-0.2, -0.15) is 0 Å². The molecule has 0 aliphatic rings. The van der Waals surface area contributed by atoms with Crippen LogP contribution in [-0.4, -0.2) is 49.3 Å². The van der Waals surface area contributed by atoms with Gasteiger partial charge in [-0.25, -0.2) is 4.39 Å². The van der Waals surface area contributed by atoms with Gasteiger partial charge >= 0.3 is 0 Å². The van der Waals surface area contributed by atoms with E-state index in [-0.39, 0.29) is 18.3 Å². The van der Waals surface area contributed by atoms with E-state index in [0.717, 1.165) is 5.56 Å². The molecule has 106 valence electrons. The van der Waals surface area contributed by atoms with Gasteiger partial charge in [0.1, 0.15) is 5.82 Å². The average molecular weight is 269 g/mol. The Balaban J connectivity index is 2.44. The van der Waals surface area contributed by atoms with E-state index in [1.54, 1.807) is 24.1 Å². The lowest BCUT2D eigenvalue weighted by molar-refractivity contribution is -0.132. The van der Waals surface area contributed by atoms with Gasteiger partial charge in [0.15, 0.2) is 0 Å². The zero-order chi connectivity index (χ0) is 14.1. The van der Waals surface area contributed by atoms with Crippen LogP contribution in [0.25, 0.3) is 0 Å². The third-order valence-corrected chi connectivity index (χ3v) is 2.83. The number of hydrogen-bond donors (Lipinski definition) is 1. The second kappa shape index (κ2) is 8.61. The molecule has 19 heavy (non-hydrogen) atoms. The van der Waals surface area contributed by atoms with Gasteiger partial charge in [-0.15, -0.1) is 0 Å². The van der Waals surface area contributed by atoms with E-state index in [1.807, 2.05) is 0 Å². The largest absolute Gasteiger partial charge is 0.395 e. The Morgan fingerprint density at radius 3 is 2.58 bits per heavy atom. The Labute approximate surface area is 112 Å². The molecule has 0 aliphatic carbocycles. The Hall–Kier alpha value is -1.46. The number of aliphatic hydroxyl groups is 1. The quantitative estimate of drug-likeness (QED) is 0.772. The van der Waals surface area contributed by atoms with E-state index in [9.17, 15) is 9.18 Å². The molecule has 0 heterocycles. The van der Waals surface area contributed by atoms with E-state index < -0.39 is 0 Å². The molecule has 4 nitrogen and oxygen atoms in total. The highest BCUT2D eigenvalue weighted by atomic mass is 19.1. The van der Waals surface area contributed by atoms with Gasteiger partial charge in [0, 0.05) is 26.6 Å². The molecule has 1 N–H and O–H groups in total. The molecule has 1 aromatic rings. The van der Waals surface area contributed by atoms with Crippen molar-refractivity contribution >= 4 is 5.91 Å². The molecule has 0 saturated carbocycles. The van der Waals surface area contributed by atoms with Crippen LogP contribution >= 0.6 is 0 Å². The fourth-order valence-corrected chi connectivity index (χ4v) is 1.74.